The van der Waals surface area contributed by atoms with E-state index in [1.807, 2.05) is 0 Å². The lowest BCUT2D eigenvalue weighted by Crippen LogP contribution is -2.03. The Labute approximate surface area is 102 Å². The first-order chi connectivity index (χ1) is 6.61. The van der Waals surface area contributed by atoms with Crippen molar-refractivity contribution in [3.63, 3.8) is 0 Å². The van der Waals surface area contributed by atoms with Gasteiger partial charge in [0, 0.05) is 4.47 Å². The minimum atomic E-state index is -1.06. The topological polar surface area (TPSA) is 55.8 Å². The van der Waals surface area contributed by atoms with Crippen molar-refractivity contribution in [3.8, 4) is 11.5 Å². The highest BCUT2D eigenvalue weighted by atomic mass is 79.9. The molecule has 0 aliphatic carbocycles. The van der Waals surface area contributed by atoms with E-state index in [0.717, 1.165) is 0 Å². The molecule has 1 aromatic rings. The van der Waals surface area contributed by atoms with Crippen LogP contribution in [-0.2, 0) is 0 Å². The highest BCUT2D eigenvalue weighted by Gasteiger charge is 2.19. The molecule has 0 fully saturated rings. The molecule has 0 aromatic heterocycles. The number of methoxy groups -OCH3 is 2. The van der Waals surface area contributed by atoms with Crippen LogP contribution >= 0.6 is 28.3 Å². The fraction of sp³-hybridized carbons (Fsp3) is 0.222. The molecule has 0 aliphatic rings. The van der Waals surface area contributed by atoms with E-state index in [-0.39, 0.29) is 23.7 Å². The third kappa shape index (κ3) is 2.76. The van der Waals surface area contributed by atoms with Gasteiger partial charge in [0.25, 0.3) is 0 Å². The minimum Gasteiger partial charge on any atom is -0.493 e. The maximum Gasteiger partial charge on any atom is 0.340 e. The predicted molar refractivity (Wildman–Crippen MR) is 61.5 cm³/mol. The van der Waals surface area contributed by atoms with Crippen LogP contribution in [0.15, 0.2) is 16.6 Å². The Hall–Kier alpha value is -0.940. The third-order valence-electron chi connectivity index (χ3n) is 1.71. The number of hydrogen-bond donors (Lipinski definition) is 1. The lowest BCUT2D eigenvalue weighted by Gasteiger charge is -2.11. The fourth-order valence-electron chi connectivity index (χ4n) is 1.10. The Bertz CT molecular complexity index is 367. The molecule has 0 atom stereocenters. The number of rotatable bonds is 3. The Morgan fingerprint density at radius 1 is 1.33 bits per heavy atom. The first-order valence-electron chi connectivity index (χ1n) is 3.75. The molecule has 6 heteroatoms. The van der Waals surface area contributed by atoms with Crippen LogP contribution in [0.25, 0.3) is 0 Å². The van der Waals surface area contributed by atoms with Crippen LogP contribution in [0.2, 0.25) is 0 Å². The van der Waals surface area contributed by atoms with Gasteiger partial charge in [0.05, 0.1) is 14.2 Å². The summed E-state index contributed by atoms with van der Waals surface area (Å²) < 4.78 is 10.4. The molecule has 0 spiro atoms. The lowest BCUT2D eigenvalue weighted by molar-refractivity contribution is 0.0691. The van der Waals surface area contributed by atoms with Crippen molar-refractivity contribution in [1.29, 1.82) is 0 Å². The van der Waals surface area contributed by atoms with E-state index < -0.39 is 5.97 Å². The van der Waals surface area contributed by atoms with E-state index in [4.69, 9.17) is 14.6 Å². The summed E-state index contributed by atoms with van der Waals surface area (Å²) in [6.45, 7) is 0. The molecule has 0 saturated heterocycles. The second kappa shape index (κ2) is 5.82. The van der Waals surface area contributed by atoms with Gasteiger partial charge in [-0.25, -0.2) is 4.79 Å². The van der Waals surface area contributed by atoms with E-state index >= 15 is 0 Å². The maximum atomic E-state index is 10.9. The zero-order valence-electron chi connectivity index (χ0n) is 8.11. The maximum absolute atomic E-state index is 10.9. The van der Waals surface area contributed by atoms with E-state index in [1.54, 1.807) is 12.1 Å². The van der Waals surface area contributed by atoms with Gasteiger partial charge < -0.3 is 14.6 Å². The molecule has 0 saturated carbocycles. The predicted octanol–water partition coefficient (Wildman–Crippen LogP) is 2.59. The molecular formula is C9H10BrClO4. The minimum absolute atomic E-state index is 0. The normalized spacial score (nSPS) is 9.00. The van der Waals surface area contributed by atoms with Crippen LogP contribution in [0, 0.1) is 0 Å². The smallest absolute Gasteiger partial charge is 0.340 e. The number of carbonyl (C=O) groups is 1. The molecule has 1 rings (SSSR count). The van der Waals surface area contributed by atoms with Gasteiger partial charge in [0.15, 0.2) is 11.5 Å². The SMILES string of the molecule is COc1ccc(Br)c(C(=O)O)c1OC.Cl. The molecule has 0 amide bonds. The third-order valence-corrected chi connectivity index (χ3v) is 2.37. The summed E-state index contributed by atoms with van der Waals surface area (Å²) in [5.41, 5.74) is 0.0619. The molecule has 1 N–H and O–H groups in total. The van der Waals surface area contributed by atoms with Gasteiger partial charge in [-0.05, 0) is 28.1 Å². The van der Waals surface area contributed by atoms with Crippen molar-refractivity contribution in [3.05, 3.63) is 22.2 Å². The number of carboxylic acid groups (broad SMARTS) is 1. The van der Waals surface area contributed by atoms with Crippen molar-refractivity contribution in [2.75, 3.05) is 14.2 Å². The Morgan fingerprint density at radius 3 is 2.33 bits per heavy atom. The Morgan fingerprint density at radius 2 is 1.93 bits per heavy atom. The van der Waals surface area contributed by atoms with Gasteiger partial charge in [-0.2, -0.15) is 0 Å². The molecule has 0 heterocycles. The number of hydrogen-bond acceptors (Lipinski definition) is 3. The second-order valence-corrected chi connectivity index (χ2v) is 3.32. The summed E-state index contributed by atoms with van der Waals surface area (Å²) >= 11 is 3.14. The number of ether oxygens (including phenoxy) is 2. The molecule has 0 bridgehead atoms. The monoisotopic (exact) mass is 296 g/mol. The van der Waals surface area contributed by atoms with Gasteiger partial charge in [0.1, 0.15) is 5.56 Å². The van der Waals surface area contributed by atoms with E-state index in [1.165, 1.54) is 14.2 Å². The highest BCUT2D eigenvalue weighted by molar-refractivity contribution is 9.10. The standard InChI is InChI=1S/C9H9BrO4.ClH/c1-13-6-4-3-5(10)7(9(11)12)8(6)14-2;/h3-4H,1-2H3,(H,11,12);1H. The molecule has 4 nitrogen and oxygen atoms in total. The summed E-state index contributed by atoms with van der Waals surface area (Å²) in [4.78, 5) is 10.9. The summed E-state index contributed by atoms with van der Waals surface area (Å²) in [7, 11) is 2.86. The van der Waals surface area contributed by atoms with Gasteiger partial charge in [-0.1, -0.05) is 0 Å². The first kappa shape index (κ1) is 14.1. The van der Waals surface area contributed by atoms with Gasteiger partial charge in [-0.3, -0.25) is 0 Å². The molecular weight excluding hydrogens is 287 g/mol. The Balaban J connectivity index is 0.00000196. The molecule has 15 heavy (non-hydrogen) atoms. The summed E-state index contributed by atoms with van der Waals surface area (Å²) in [6.07, 6.45) is 0. The molecule has 0 unspecified atom stereocenters. The average Bonchev–Trinajstić information content (AvgIpc) is 2.16. The molecule has 1 aromatic carbocycles. The fourth-order valence-corrected chi connectivity index (χ4v) is 1.58. The Kier molecular flexibility index (Phi) is 5.46. The number of aromatic carboxylic acids is 1. The van der Waals surface area contributed by atoms with Gasteiger partial charge in [0.2, 0.25) is 0 Å². The average molecular weight is 298 g/mol. The molecule has 0 radical (unpaired) electrons. The van der Waals surface area contributed by atoms with Crippen molar-refractivity contribution in [1.82, 2.24) is 0 Å². The number of halogens is 2. The van der Waals surface area contributed by atoms with Gasteiger partial charge >= 0.3 is 5.97 Å². The van der Waals surface area contributed by atoms with Gasteiger partial charge in [-0.15, -0.1) is 12.4 Å². The van der Waals surface area contributed by atoms with Crippen molar-refractivity contribution >= 4 is 34.3 Å². The van der Waals surface area contributed by atoms with Crippen LogP contribution < -0.4 is 9.47 Å². The summed E-state index contributed by atoms with van der Waals surface area (Å²) in [5, 5.41) is 8.93. The molecule has 0 aliphatic heterocycles. The zero-order valence-corrected chi connectivity index (χ0v) is 10.5. The highest BCUT2D eigenvalue weighted by Crippen LogP contribution is 2.35. The van der Waals surface area contributed by atoms with Crippen molar-refractivity contribution < 1.29 is 19.4 Å². The van der Waals surface area contributed by atoms with E-state index in [0.29, 0.717) is 10.2 Å². The summed E-state index contributed by atoms with van der Waals surface area (Å²) in [6, 6.07) is 3.24. The first-order valence-corrected chi connectivity index (χ1v) is 4.55. The number of carboxylic acids is 1. The largest absolute Gasteiger partial charge is 0.493 e. The van der Waals surface area contributed by atoms with Crippen LogP contribution in [0.1, 0.15) is 10.4 Å². The number of benzene rings is 1. The van der Waals surface area contributed by atoms with Crippen molar-refractivity contribution in [2.24, 2.45) is 0 Å². The molecule has 84 valence electrons. The van der Waals surface area contributed by atoms with Crippen LogP contribution in [0.4, 0.5) is 0 Å². The van der Waals surface area contributed by atoms with E-state index in [2.05, 4.69) is 15.9 Å². The summed E-state index contributed by atoms with van der Waals surface area (Å²) in [5.74, 6) is -0.449. The second-order valence-electron chi connectivity index (χ2n) is 2.46. The lowest BCUT2D eigenvalue weighted by atomic mass is 10.2. The van der Waals surface area contributed by atoms with Crippen molar-refractivity contribution in [2.45, 2.75) is 0 Å². The van der Waals surface area contributed by atoms with Crippen LogP contribution in [0.5, 0.6) is 11.5 Å². The van der Waals surface area contributed by atoms with Crippen LogP contribution in [-0.4, -0.2) is 25.3 Å². The van der Waals surface area contributed by atoms with E-state index in [9.17, 15) is 4.79 Å². The van der Waals surface area contributed by atoms with Crippen LogP contribution in [0.3, 0.4) is 0 Å². The zero-order chi connectivity index (χ0) is 10.7. The quantitative estimate of drug-likeness (QED) is 0.931.